The predicted molar refractivity (Wildman–Crippen MR) is 70.8 cm³/mol. The molecule has 0 unspecified atom stereocenters. The lowest BCUT2D eigenvalue weighted by Crippen LogP contribution is -1.98. The minimum atomic E-state index is 0.471. The van der Waals surface area contributed by atoms with Crippen LogP contribution in [-0.2, 0) is 6.54 Å². The number of rotatable bonds is 2. The van der Waals surface area contributed by atoms with Crippen molar-refractivity contribution in [3.8, 4) is 11.3 Å². The molecule has 0 aliphatic carbocycles. The first-order valence-electron chi connectivity index (χ1n) is 5.83. The Morgan fingerprint density at radius 2 is 1.94 bits per heavy atom. The highest BCUT2D eigenvalue weighted by Crippen LogP contribution is 2.29. The van der Waals surface area contributed by atoms with E-state index in [1.165, 1.54) is 6.33 Å². The molecule has 0 bridgehead atoms. The highest BCUT2D eigenvalue weighted by atomic mass is 15.3. The second-order valence-corrected chi connectivity index (χ2v) is 3.99. The van der Waals surface area contributed by atoms with E-state index in [9.17, 15) is 0 Å². The van der Waals surface area contributed by atoms with Crippen molar-refractivity contribution in [2.24, 2.45) is 0 Å². The molecular weight excluding hydrogens is 226 g/mol. The molecule has 0 saturated carbocycles. The van der Waals surface area contributed by atoms with Crippen LogP contribution in [0.25, 0.3) is 22.3 Å². The molecule has 2 aromatic heterocycles. The molecule has 0 spiro atoms. The number of hydrogen-bond acceptors (Lipinski definition) is 4. The topological polar surface area (TPSA) is 69.6 Å². The summed E-state index contributed by atoms with van der Waals surface area (Å²) in [5, 5.41) is 5.40. The summed E-state index contributed by atoms with van der Waals surface area (Å²) in [6, 6.07) is 9.95. The first-order chi connectivity index (χ1) is 8.81. The van der Waals surface area contributed by atoms with Gasteiger partial charge in [-0.05, 0) is 6.92 Å². The molecule has 5 nitrogen and oxygen atoms in total. The summed E-state index contributed by atoms with van der Waals surface area (Å²) >= 11 is 0. The molecule has 90 valence electrons. The fourth-order valence-corrected chi connectivity index (χ4v) is 2.05. The molecule has 0 aliphatic heterocycles. The summed E-state index contributed by atoms with van der Waals surface area (Å²) in [4.78, 5) is 8.32. The van der Waals surface area contributed by atoms with Gasteiger partial charge in [0.2, 0.25) is 0 Å². The average Bonchev–Trinajstić information content (AvgIpc) is 2.80. The highest BCUT2D eigenvalue weighted by molar-refractivity contribution is 5.98. The second-order valence-electron chi connectivity index (χ2n) is 3.99. The Balaban J connectivity index is 2.36. The summed E-state index contributed by atoms with van der Waals surface area (Å²) < 4.78 is 1.84. The molecule has 0 atom stereocenters. The first kappa shape index (κ1) is 10.7. The first-order valence-corrected chi connectivity index (χ1v) is 5.83. The molecule has 1 aromatic carbocycles. The molecule has 0 aliphatic rings. The van der Waals surface area contributed by atoms with Gasteiger partial charge in [0.15, 0.2) is 5.65 Å². The van der Waals surface area contributed by atoms with Gasteiger partial charge in [0.25, 0.3) is 0 Å². The van der Waals surface area contributed by atoms with Gasteiger partial charge in [-0.2, -0.15) is 5.10 Å². The fraction of sp³-hybridized carbons (Fsp3) is 0.154. The van der Waals surface area contributed by atoms with E-state index in [2.05, 4.69) is 15.1 Å². The Morgan fingerprint density at radius 3 is 2.67 bits per heavy atom. The van der Waals surface area contributed by atoms with Crippen LogP contribution in [0.15, 0.2) is 36.7 Å². The van der Waals surface area contributed by atoms with Crippen LogP contribution in [0, 0.1) is 0 Å². The Bertz CT molecular complexity index is 687. The van der Waals surface area contributed by atoms with Gasteiger partial charge in [-0.25, -0.2) is 14.6 Å². The Kier molecular flexibility index (Phi) is 2.44. The second kappa shape index (κ2) is 4.10. The molecule has 0 radical (unpaired) electrons. The number of benzene rings is 1. The molecule has 2 N–H and O–H groups in total. The monoisotopic (exact) mass is 239 g/mol. The SMILES string of the molecule is CCn1nc(-c2ccccc2)c2c(N)ncnc21. The van der Waals surface area contributed by atoms with E-state index >= 15 is 0 Å². The van der Waals surface area contributed by atoms with Crippen molar-refractivity contribution in [3.05, 3.63) is 36.7 Å². The van der Waals surface area contributed by atoms with E-state index in [-0.39, 0.29) is 0 Å². The zero-order valence-electron chi connectivity index (χ0n) is 10.0. The van der Waals surface area contributed by atoms with Crippen molar-refractivity contribution in [2.45, 2.75) is 13.5 Å². The number of nitrogens with two attached hydrogens (primary N) is 1. The van der Waals surface area contributed by atoms with Gasteiger partial charge in [-0.3, -0.25) is 0 Å². The summed E-state index contributed by atoms with van der Waals surface area (Å²) in [6.45, 7) is 2.78. The fourth-order valence-electron chi connectivity index (χ4n) is 2.05. The van der Waals surface area contributed by atoms with Gasteiger partial charge in [-0.1, -0.05) is 30.3 Å². The number of hydrogen-bond donors (Lipinski definition) is 1. The molecule has 0 amide bonds. The van der Waals surface area contributed by atoms with Crippen LogP contribution in [-0.4, -0.2) is 19.7 Å². The lowest BCUT2D eigenvalue weighted by atomic mass is 10.1. The van der Waals surface area contributed by atoms with E-state index in [0.717, 1.165) is 28.8 Å². The van der Waals surface area contributed by atoms with Crippen LogP contribution in [0.4, 0.5) is 5.82 Å². The average molecular weight is 239 g/mol. The molecule has 3 rings (SSSR count). The van der Waals surface area contributed by atoms with Crippen molar-refractivity contribution in [1.82, 2.24) is 19.7 Å². The Labute approximate surface area is 104 Å². The lowest BCUT2D eigenvalue weighted by molar-refractivity contribution is 0.679. The van der Waals surface area contributed by atoms with Crippen LogP contribution in [0.2, 0.25) is 0 Å². The minimum Gasteiger partial charge on any atom is -0.383 e. The number of nitrogens with zero attached hydrogens (tertiary/aromatic N) is 4. The maximum Gasteiger partial charge on any atom is 0.163 e. The largest absolute Gasteiger partial charge is 0.383 e. The van der Waals surface area contributed by atoms with Gasteiger partial charge >= 0.3 is 0 Å². The molecule has 0 saturated heterocycles. The molecule has 0 fully saturated rings. The standard InChI is InChI=1S/C13H13N5/c1-2-18-13-10(12(14)15-8-16-13)11(17-18)9-6-4-3-5-7-9/h3-8H,2H2,1H3,(H2,14,15,16). The van der Waals surface area contributed by atoms with Gasteiger partial charge in [0.05, 0.1) is 5.39 Å². The zero-order chi connectivity index (χ0) is 12.5. The Hall–Kier alpha value is -2.43. The minimum absolute atomic E-state index is 0.471. The molecule has 3 aromatic rings. The van der Waals surface area contributed by atoms with Crippen LogP contribution < -0.4 is 5.73 Å². The smallest absolute Gasteiger partial charge is 0.163 e. The van der Waals surface area contributed by atoms with Crippen LogP contribution >= 0.6 is 0 Å². The number of aryl methyl sites for hydroxylation is 1. The van der Waals surface area contributed by atoms with Crippen LogP contribution in [0.5, 0.6) is 0 Å². The normalized spacial score (nSPS) is 10.9. The van der Waals surface area contributed by atoms with Crippen molar-refractivity contribution in [3.63, 3.8) is 0 Å². The van der Waals surface area contributed by atoms with Gasteiger partial charge < -0.3 is 5.73 Å². The summed E-state index contributed by atoms with van der Waals surface area (Å²) in [7, 11) is 0. The number of nitrogen functional groups attached to an aromatic ring is 1. The summed E-state index contributed by atoms with van der Waals surface area (Å²) in [5.41, 5.74) is 8.60. The van der Waals surface area contributed by atoms with Crippen LogP contribution in [0.1, 0.15) is 6.92 Å². The molecule has 5 heteroatoms. The molecule has 18 heavy (non-hydrogen) atoms. The Morgan fingerprint density at radius 1 is 1.17 bits per heavy atom. The van der Waals surface area contributed by atoms with Gasteiger partial charge in [0.1, 0.15) is 17.8 Å². The van der Waals surface area contributed by atoms with Crippen molar-refractivity contribution in [2.75, 3.05) is 5.73 Å². The van der Waals surface area contributed by atoms with Crippen molar-refractivity contribution in [1.29, 1.82) is 0 Å². The summed E-state index contributed by atoms with van der Waals surface area (Å²) in [5.74, 6) is 0.471. The maximum absolute atomic E-state index is 5.96. The van der Waals surface area contributed by atoms with Crippen molar-refractivity contribution >= 4 is 16.9 Å². The third kappa shape index (κ3) is 1.52. The van der Waals surface area contributed by atoms with Gasteiger partial charge in [0, 0.05) is 12.1 Å². The number of anilines is 1. The third-order valence-corrected chi connectivity index (χ3v) is 2.91. The van der Waals surface area contributed by atoms with E-state index in [4.69, 9.17) is 5.73 Å². The number of aromatic nitrogens is 4. The van der Waals surface area contributed by atoms with Gasteiger partial charge in [-0.15, -0.1) is 0 Å². The zero-order valence-corrected chi connectivity index (χ0v) is 10.0. The number of fused-ring (bicyclic) bond motifs is 1. The highest BCUT2D eigenvalue weighted by Gasteiger charge is 2.15. The van der Waals surface area contributed by atoms with E-state index < -0.39 is 0 Å². The van der Waals surface area contributed by atoms with E-state index in [0.29, 0.717) is 5.82 Å². The quantitative estimate of drug-likeness (QED) is 0.743. The molecular formula is C13H13N5. The molecule has 2 heterocycles. The summed E-state index contributed by atoms with van der Waals surface area (Å²) in [6.07, 6.45) is 1.47. The van der Waals surface area contributed by atoms with Crippen LogP contribution in [0.3, 0.4) is 0 Å². The predicted octanol–water partition coefficient (Wildman–Crippen LogP) is 2.10. The third-order valence-electron chi connectivity index (χ3n) is 2.91. The van der Waals surface area contributed by atoms with Crippen molar-refractivity contribution < 1.29 is 0 Å². The van der Waals surface area contributed by atoms with E-state index in [1.54, 1.807) is 0 Å². The van der Waals surface area contributed by atoms with E-state index in [1.807, 2.05) is 41.9 Å². The lowest BCUT2D eigenvalue weighted by Gasteiger charge is -1.98. The maximum atomic E-state index is 5.96.